The van der Waals surface area contributed by atoms with Crippen LogP contribution in [-0.2, 0) is 11.3 Å². The molecule has 10 nitrogen and oxygen atoms in total. The average molecular weight is 534 g/mol. The molecule has 38 heavy (non-hydrogen) atoms. The Labute approximate surface area is 223 Å². The minimum atomic E-state index is -1.21. The number of aromatic nitrogens is 1. The van der Waals surface area contributed by atoms with Gasteiger partial charge in [0.25, 0.3) is 17.7 Å². The van der Waals surface area contributed by atoms with Crippen LogP contribution >= 0.6 is 11.5 Å². The summed E-state index contributed by atoms with van der Waals surface area (Å²) in [6.45, 7) is 4.30. The van der Waals surface area contributed by atoms with Gasteiger partial charge in [-0.05, 0) is 67.3 Å². The van der Waals surface area contributed by atoms with Gasteiger partial charge in [-0.15, -0.1) is 0 Å². The van der Waals surface area contributed by atoms with Crippen LogP contribution in [0.1, 0.15) is 50.2 Å². The van der Waals surface area contributed by atoms with Gasteiger partial charge < -0.3 is 25.9 Å². The third-order valence-corrected chi connectivity index (χ3v) is 6.50. The van der Waals surface area contributed by atoms with E-state index in [0.717, 1.165) is 17.1 Å². The van der Waals surface area contributed by atoms with E-state index in [4.69, 9.17) is 20.6 Å². The molecular weight excluding hydrogens is 506 g/mol. The lowest BCUT2D eigenvalue weighted by atomic mass is 10.1. The molecule has 0 spiro atoms. The molecular formula is C27H27N5O5S. The number of hydrogen-bond acceptors (Lipinski definition) is 8. The van der Waals surface area contributed by atoms with Crippen molar-refractivity contribution in [3.05, 3.63) is 94.4 Å². The lowest BCUT2D eigenvalue weighted by molar-refractivity contribution is -0.123. The van der Waals surface area contributed by atoms with Crippen LogP contribution in [0.5, 0.6) is 5.75 Å². The van der Waals surface area contributed by atoms with E-state index >= 15 is 0 Å². The van der Waals surface area contributed by atoms with Crippen molar-refractivity contribution < 1.29 is 23.5 Å². The van der Waals surface area contributed by atoms with Gasteiger partial charge >= 0.3 is 0 Å². The third kappa shape index (κ3) is 5.68. The summed E-state index contributed by atoms with van der Waals surface area (Å²) in [6.07, 6.45) is 0. The maximum absolute atomic E-state index is 14.0. The number of nitrogens with two attached hydrogens (primary N) is 2. The van der Waals surface area contributed by atoms with Crippen LogP contribution in [-0.4, -0.2) is 28.7 Å². The zero-order valence-electron chi connectivity index (χ0n) is 20.8. The quantitative estimate of drug-likeness (QED) is 0.280. The predicted octanol–water partition coefficient (Wildman–Crippen LogP) is 3.83. The van der Waals surface area contributed by atoms with E-state index < -0.39 is 23.8 Å². The Morgan fingerprint density at radius 2 is 1.79 bits per heavy atom. The molecule has 0 aliphatic rings. The normalized spacial score (nSPS) is 11.5. The summed E-state index contributed by atoms with van der Waals surface area (Å²) in [5.41, 5.74) is 12.4. The van der Waals surface area contributed by atoms with Crippen LogP contribution in [0.15, 0.2) is 71.1 Å². The Morgan fingerprint density at radius 3 is 2.37 bits per heavy atom. The number of aryl methyl sites for hydroxylation is 1. The van der Waals surface area contributed by atoms with Gasteiger partial charge in [0.2, 0.25) is 0 Å². The SMILES string of the molecule is CCOc1ccc(N(C(=O)c2snc(C(N)=O)c2N)[C@@H](C(=O)NCc2ccccc2)c2ccc(C)o2)cc1. The fraction of sp³-hybridized carbons (Fsp3) is 0.185. The Hall–Kier alpha value is -4.64. The zero-order chi connectivity index (χ0) is 27.2. The van der Waals surface area contributed by atoms with Gasteiger partial charge in [0, 0.05) is 12.2 Å². The molecule has 11 heteroatoms. The van der Waals surface area contributed by atoms with Crippen LogP contribution in [0.4, 0.5) is 11.4 Å². The first-order valence-corrected chi connectivity index (χ1v) is 12.6. The zero-order valence-corrected chi connectivity index (χ0v) is 21.7. The largest absolute Gasteiger partial charge is 0.494 e. The van der Waals surface area contributed by atoms with Crippen molar-refractivity contribution in [1.82, 2.24) is 9.69 Å². The summed E-state index contributed by atoms with van der Waals surface area (Å²) >= 11 is 0.733. The molecule has 2 aromatic carbocycles. The molecule has 0 aliphatic carbocycles. The van der Waals surface area contributed by atoms with Crippen molar-refractivity contribution in [2.75, 3.05) is 17.2 Å². The number of amides is 3. The van der Waals surface area contributed by atoms with Crippen molar-refractivity contribution in [2.45, 2.75) is 26.4 Å². The van der Waals surface area contributed by atoms with Gasteiger partial charge in [0.15, 0.2) is 11.7 Å². The third-order valence-electron chi connectivity index (χ3n) is 5.65. The summed E-state index contributed by atoms with van der Waals surface area (Å²) in [5, 5.41) is 2.90. The molecule has 0 saturated heterocycles. The molecule has 3 amide bonds. The number of nitrogen functional groups attached to an aromatic ring is 1. The fourth-order valence-electron chi connectivity index (χ4n) is 3.85. The maximum Gasteiger partial charge on any atom is 0.273 e. The molecule has 0 saturated carbocycles. The van der Waals surface area contributed by atoms with Gasteiger partial charge in [-0.25, -0.2) is 0 Å². The molecule has 0 aliphatic heterocycles. The first-order valence-electron chi connectivity index (χ1n) is 11.8. The topological polar surface area (TPSA) is 154 Å². The van der Waals surface area contributed by atoms with Gasteiger partial charge in [0.1, 0.15) is 22.1 Å². The molecule has 0 fully saturated rings. The molecule has 2 heterocycles. The summed E-state index contributed by atoms with van der Waals surface area (Å²) in [5.74, 6) is -0.587. The van der Waals surface area contributed by atoms with Crippen LogP contribution in [0.25, 0.3) is 0 Å². The number of ether oxygens (including phenoxy) is 1. The molecule has 5 N–H and O–H groups in total. The number of anilines is 2. The van der Waals surface area contributed by atoms with Crippen molar-refractivity contribution in [2.24, 2.45) is 5.73 Å². The highest BCUT2D eigenvalue weighted by Crippen LogP contribution is 2.34. The highest BCUT2D eigenvalue weighted by molar-refractivity contribution is 7.09. The minimum Gasteiger partial charge on any atom is -0.494 e. The Bertz CT molecular complexity index is 1430. The second-order valence-corrected chi connectivity index (χ2v) is 9.07. The number of nitrogens with zero attached hydrogens (tertiary/aromatic N) is 2. The molecule has 0 bridgehead atoms. The minimum absolute atomic E-state index is 0.0307. The average Bonchev–Trinajstić information content (AvgIpc) is 3.52. The van der Waals surface area contributed by atoms with Gasteiger partial charge in [-0.1, -0.05) is 30.3 Å². The van der Waals surface area contributed by atoms with E-state index in [1.807, 2.05) is 37.3 Å². The number of rotatable bonds is 10. The fourth-order valence-corrected chi connectivity index (χ4v) is 4.59. The van der Waals surface area contributed by atoms with Crippen LogP contribution in [0, 0.1) is 6.92 Å². The van der Waals surface area contributed by atoms with Crippen molar-refractivity contribution in [3.63, 3.8) is 0 Å². The number of furan rings is 1. The monoisotopic (exact) mass is 533 g/mol. The number of primary amides is 1. The highest BCUT2D eigenvalue weighted by Gasteiger charge is 2.37. The van der Waals surface area contributed by atoms with Crippen molar-refractivity contribution in [1.29, 1.82) is 0 Å². The first-order chi connectivity index (χ1) is 18.3. The van der Waals surface area contributed by atoms with Gasteiger partial charge in [-0.2, -0.15) is 4.37 Å². The van der Waals surface area contributed by atoms with E-state index in [-0.39, 0.29) is 28.6 Å². The number of benzene rings is 2. The molecule has 196 valence electrons. The van der Waals surface area contributed by atoms with E-state index in [0.29, 0.717) is 23.8 Å². The Kier molecular flexibility index (Phi) is 8.07. The Balaban J connectivity index is 1.80. The van der Waals surface area contributed by atoms with Gasteiger partial charge in [0.05, 0.1) is 12.3 Å². The lowest BCUT2D eigenvalue weighted by Crippen LogP contribution is -2.43. The van der Waals surface area contributed by atoms with Crippen molar-refractivity contribution >= 4 is 40.6 Å². The predicted molar refractivity (Wildman–Crippen MR) is 144 cm³/mol. The number of nitrogens with one attached hydrogen (secondary N) is 1. The molecule has 4 rings (SSSR count). The molecule has 0 radical (unpaired) electrons. The van der Waals surface area contributed by atoms with Crippen LogP contribution in [0.3, 0.4) is 0 Å². The van der Waals surface area contributed by atoms with E-state index in [1.165, 1.54) is 4.90 Å². The van der Waals surface area contributed by atoms with Gasteiger partial charge in [-0.3, -0.25) is 19.3 Å². The van der Waals surface area contributed by atoms with Crippen LogP contribution in [0.2, 0.25) is 0 Å². The van der Waals surface area contributed by atoms with Crippen molar-refractivity contribution in [3.8, 4) is 5.75 Å². The molecule has 1 atom stereocenters. The number of carbonyl (C=O) groups is 3. The molecule has 2 aromatic heterocycles. The summed E-state index contributed by atoms with van der Waals surface area (Å²) in [7, 11) is 0. The summed E-state index contributed by atoms with van der Waals surface area (Å²) in [6, 6.07) is 18.2. The van der Waals surface area contributed by atoms with E-state index in [1.54, 1.807) is 43.3 Å². The number of hydrogen-bond donors (Lipinski definition) is 3. The molecule has 4 aromatic rings. The first kappa shape index (κ1) is 26.4. The standard InChI is InChI=1S/C27H27N5O5S/c1-3-36-19-12-10-18(11-13-19)32(27(35)24-21(28)22(25(29)33)31-38-24)23(20-14-9-16(2)37-20)26(34)30-15-17-7-5-4-6-8-17/h4-14,23H,3,15,28H2,1-2H3,(H2,29,33)(H,30,34)/t23-/m1/s1. The van der Waals surface area contributed by atoms with E-state index in [2.05, 4.69) is 9.69 Å². The smallest absolute Gasteiger partial charge is 0.273 e. The lowest BCUT2D eigenvalue weighted by Gasteiger charge is -2.30. The second-order valence-electron chi connectivity index (χ2n) is 8.29. The maximum atomic E-state index is 14.0. The van der Waals surface area contributed by atoms with E-state index in [9.17, 15) is 14.4 Å². The molecule has 0 unspecified atom stereocenters. The van der Waals surface area contributed by atoms with Crippen LogP contribution < -0.4 is 26.4 Å². The highest BCUT2D eigenvalue weighted by atomic mass is 32.1. The summed E-state index contributed by atoms with van der Waals surface area (Å²) in [4.78, 5) is 40.7. The second kappa shape index (κ2) is 11.6. The summed E-state index contributed by atoms with van der Waals surface area (Å²) < 4.78 is 15.3. The number of carbonyl (C=O) groups excluding carboxylic acids is 3. The Morgan fingerprint density at radius 1 is 1.08 bits per heavy atom.